The molecule has 52 valence electrons. The van der Waals surface area contributed by atoms with Crippen LogP contribution in [0.3, 0.4) is 0 Å². The second-order valence-corrected chi connectivity index (χ2v) is 1.70. The Kier molecular flexibility index (Phi) is 1.82. The largest absolute Gasteiger partial charge is 0.258 e. The quantitative estimate of drug-likeness (QED) is 0.612. The molecule has 0 spiro atoms. The van der Waals surface area contributed by atoms with E-state index in [1.165, 1.54) is 0 Å². The van der Waals surface area contributed by atoms with Crippen LogP contribution in [0.2, 0.25) is 0 Å². The topological polar surface area (TPSA) is 54.5 Å². The molecule has 0 bridgehead atoms. The molecule has 2 aliphatic heterocycles. The molecule has 2 heterocycles. The van der Waals surface area contributed by atoms with Crippen molar-refractivity contribution < 1.29 is 0 Å². The van der Waals surface area contributed by atoms with Gasteiger partial charge in [-0.25, -0.2) is 0 Å². The van der Waals surface area contributed by atoms with Crippen molar-refractivity contribution in [1.82, 2.24) is 20.4 Å². The highest BCUT2D eigenvalue weighted by Gasteiger charge is 2.00. The summed E-state index contributed by atoms with van der Waals surface area (Å²) in [5, 5.41) is 9.89. The molecule has 4 nitrogen and oxygen atoms in total. The zero-order chi connectivity index (χ0) is 6.10. The number of hydrogen-bond donors (Lipinski definition) is 1. The highest BCUT2D eigenvalue weighted by Crippen LogP contribution is 2.11. The van der Waals surface area contributed by atoms with Crippen molar-refractivity contribution in [1.29, 1.82) is 0 Å². The van der Waals surface area contributed by atoms with Crippen molar-refractivity contribution in [2.75, 3.05) is 0 Å². The van der Waals surface area contributed by atoms with Gasteiger partial charge in [0.05, 0.1) is 11.9 Å². The van der Waals surface area contributed by atoms with Gasteiger partial charge in [0.1, 0.15) is 5.69 Å². The van der Waals surface area contributed by atoms with E-state index < -0.39 is 0 Å². The van der Waals surface area contributed by atoms with Gasteiger partial charge in [0.2, 0.25) is 0 Å². The number of nitrogens with one attached hydrogen (secondary N) is 1. The number of hydrogen-bond acceptors (Lipinski definition) is 3. The molecule has 2 aliphatic rings. The molecule has 0 radical (unpaired) electrons. The highest BCUT2D eigenvalue weighted by atomic mass is 35.5. The van der Waals surface area contributed by atoms with Crippen molar-refractivity contribution in [2.24, 2.45) is 0 Å². The Balaban J connectivity index is 0.000000500. The lowest BCUT2D eigenvalue weighted by molar-refractivity contribution is 0.867. The third kappa shape index (κ3) is 0.930. The number of aromatic nitrogens is 4. The summed E-state index contributed by atoms with van der Waals surface area (Å²) in [4.78, 5) is 3.98. The fourth-order valence-electron chi connectivity index (χ4n) is 0.711. The molecule has 5 heteroatoms. The van der Waals surface area contributed by atoms with Crippen molar-refractivity contribution >= 4 is 12.4 Å². The van der Waals surface area contributed by atoms with Gasteiger partial charge in [-0.1, -0.05) is 5.21 Å². The summed E-state index contributed by atoms with van der Waals surface area (Å²) >= 11 is 0. The fraction of sp³-hybridized carbons (Fsp3) is 0. The molecule has 0 aromatic heterocycles. The van der Waals surface area contributed by atoms with Gasteiger partial charge in [-0.3, -0.25) is 10.1 Å². The Morgan fingerprint density at radius 1 is 1.40 bits per heavy atom. The Bertz CT molecular complexity index is 254. The van der Waals surface area contributed by atoms with Crippen LogP contribution in [0.5, 0.6) is 0 Å². The van der Waals surface area contributed by atoms with Crippen LogP contribution in [0.1, 0.15) is 0 Å². The Hall–Kier alpha value is -1.16. The average Bonchev–Trinajstić information content (AvgIpc) is 2.33. The lowest BCUT2D eigenvalue weighted by atomic mass is 10.4. The number of H-pyrrole nitrogens is 1. The van der Waals surface area contributed by atoms with E-state index in [4.69, 9.17) is 0 Å². The van der Waals surface area contributed by atoms with Crippen molar-refractivity contribution in [3.8, 4) is 11.4 Å². The minimum absolute atomic E-state index is 0. The van der Waals surface area contributed by atoms with E-state index in [0.717, 1.165) is 11.4 Å². The Morgan fingerprint density at radius 3 is 3.10 bits per heavy atom. The maximum atomic E-state index is 3.98. The molecule has 0 aromatic carbocycles. The summed E-state index contributed by atoms with van der Waals surface area (Å²) in [5.74, 6) is 0. The van der Waals surface area contributed by atoms with Gasteiger partial charge in [-0.05, 0) is 6.07 Å². The van der Waals surface area contributed by atoms with Gasteiger partial charge < -0.3 is 0 Å². The van der Waals surface area contributed by atoms with Gasteiger partial charge in [0.25, 0.3) is 0 Å². The SMILES string of the molecule is Cl.c1cc2[nH]nncc-2n1. The van der Waals surface area contributed by atoms with E-state index in [1.807, 2.05) is 6.07 Å². The first-order valence-corrected chi connectivity index (χ1v) is 2.57. The molecule has 0 unspecified atom stereocenters. The molecule has 0 atom stereocenters. The van der Waals surface area contributed by atoms with Crippen molar-refractivity contribution in [3.63, 3.8) is 0 Å². The number of fused-ring (bicyclic) bond motifs is 1. The van der Waals surface area contributed by atoms with Gasteiger partial charge in [0, 0.05) is 6.20 Å². The lowest BCUT2D eigenvalue weighted by Gasteiger charge is -1.89. The molecule has 0 aromatic rings. The molecule has 0 aliphatic carbocycles. The van der Waals surface area contributed by atoms with E-state index in [-0.39, 0.29) is 12.4 Å². The molecule has 10 heavy (non-hydrogen) atoms. The van der Waals surface area contributed by atoms with Gasteiger partial charge in [0.15, 0.2) is 0 Å². The van der Waals surface area contributed by atoms with E-state index >= 15 is 0 Å². The molecular weight excluding hydrogens is 152 g/mol. The predicted molar refractivity (Wildman–Crippen MR) is 38.0 cm³/mol. The predicted octanol–water partition coefficient (Wildman–Crippen LogP) is 0.726. The summed E-state index contributed by atoms with van der Waals surface area (Å²) in [6, 6.07) is 1.85. The minimum atomic E-state index is 0. The number of nitrogens with zero attached hydrogens (tertiary/aromatic N) is 3. The normalized spacial score (nSPS) is 9.20. The Labute approximate surface area is 63.4 Å². The third-order valence-corrected chi connectivity index (χ3v) is 1.14. The van der Waals surface area contributed by atoms with Crippen LogP contribution in [0.25, 0.3) is 11.4 Å². The third-order valence-electron chi connectivity index (χ3n) is 1.14. The smallest absolute Gasteiger partial charge is 0.108 e. The summed E-state index contributed by atoms with van der Waals surface area (Å²) in [5.41, 5.74) is 1.77. The zero-order valence-electron chi connectivity index (χ0n) is 4.98. The second-order valence-electron chi connectivity index (χ2n) is 1.70. The van der Waals surface area contributed by atoms with Crippen LogP contribution < -0.4 is 0 Å². The number of halogens is 1. The molecule has 0 saturated carbocycles. The maximum absolute atomic E-state index is 3.98. The van der Waals surface area contributed by atoms with Crippen LogP contribution in [-0.4, -0.2) is 20.4 Å². The molecule has 0 amide bonds. The van der Waals surface area contributed by atoms with Crippen molar-refractivity contribution in [2.45, 2.75) is 0 Å². The van der Waals surface area contributed by atoms with E-state index in [9.17, 15) is 0 Å². The second kappa shape index (κ2) is 2.62. The van der Waals surface area contributed by atoms with E-state index in [2.05, 4.69) is 20.4 Å². The highest BCUT2D eigenvalue weighted by molar-refractivity contribution is 5.85. The molecule has 0 saturated heterocycles. The van der Waals surface area contributed by atoms with Crippen LogP contribution in [0.4, 0.5) is 0 Å². The molecular formula is C5H5ClN4. The molecule has 2 rings (SSSR count). The standard InChI is InChI=1S/C5H4N4.ClH/c1-2-6-5-3-7-9-8-4(1)5;/h1-3H,(H,7,8);1H. The molecule has 0 fully saturated rings. The van der Waals surface area contributed by atoms with Gasteiger partial charge in [-0.15, -0.1) is 17.5 Å². The van der Waals surface area contributed by atoms with Crippen LogP contribution in [0.15, 0.2) is 18.5 Å². The van der Waals surface area contributed by atoms with Gasteiger partial charge >= 0.3 is 0 Å². The number of aromatic amines is 1. The number of rotatable bonds is 0. The fourth-order valence-corrected chi connectivity index (χ4v) is 0.711. The minimum Gasteiger partial charge on any atom is -0.258 e. The summed E-state index contributed by atoms with van der Waals surface area (Å²) in [7, 11) is 0. The monoisotopic (exact) mass is 156 g/mol. The summed E-state index contributed by atoms with van der Waals surface area (Å²) < 4.78 is 0. The zero-order valence-corrected chi connectivity index (χ0v) is 5.80. The van der Waals surface area contributed by atoms with Gasteiger partial charge in [-0.2, -0.15) is 0 Å². The molecule has 1 N–H and O–H groups in total. The first-order valence-electron chi connectivity index (χ1n) is 2.57. The van der Waals surface area contributed by atoms with E-state index in [0.29, 0.717) is 0 Å². The summed E-state index contributed by atoms with van der Waals surface area (Å²) in [6.07, 6.45) is 3.33. The van der Waals surface area contributed by atoms with E-state index in [1.54, 1.807) is 12.4 Å². The summed E-state index contributed by atoms with van der Waals surface area (Å²) in [6.45, 7) is 0. The van der Waals surface area contributed by atoms with Crippen molar-refractivity contribution in [3.05, 3.63) is 18.5 Å². The Morgan fingerprint density at radius 2 is 2.30 bits per heavy atom. The first-order chi connectivity index (χ1) is 4.47. The van der Waals surface area contributed by atoms with Crippen LogP contribution >= 0.6 is 12.4 Å². The van der Waals surface area contributed by atoms with Crippen LogP contribution in [-0.2, 0) is 0 Å². The average molecular weight is 157 g/mol. The van der Waals surface area contributed by atoms with Crippen LogP contribution in [0, 0.1) is 0 Å². The lowest BCUT2D eigenvalue weighted by Crippen LogP contribution is -1.88. The maximum Gasteiger partial charge on any atom is 0.108 e. The first kappa shape index (κ1) is 6.95.